The molecule has 2 aromatic rings. The highest BCUT2D eigenvalue weighted by Gasteiger charge is 2.39. The molecule has 0 radical (unpaired) electrons. The number of piperidine rings is 1. The summed E-state index contributed by atoms with van der Waals surface area (Å²) in [4.78, 5) is 11.8. The molecule has 1 fully saturated rings. The molecule has 2 aromatic carbocycles. The number of hydrogen-bond donors (Lipinski definition) is 2. The molecule has 2 N–H and O–H groups in total. The Morgan fingerprint density at radius 2 is 1.69 bits per heavy atom. The predicted molar refractivity (Wildman–Crippen MR) is 118 cm³/mol. The lowest BCUT2D eigenvalue weighted by atomic mass is 9.81. The molecule has 1 aliphatic heterocycles. The van der Waals surface area contributed by atoms with Gasteiger partial charge in [0.1, 0.15) is 0 Å². The minimum absolute atomic E-state index is 0.0181. The summed E-state index contributed by atoms with van der Waals surface area (Å²) in [6, 6.07) is 10.7. The van der Waals surface area contributed by atoms with Gasteiger partial charge in [0.25, 0.3) is 0 Å². The van der Waals surface area contributed by atoms with Crippen LogP contribution in [0.5, 0.6) is 0 Å². The molecule has 4 nitrogen and oxygen atoms in total. The molecule has 1 amide bonds. The fraction of sp³-hybridized carbons (Fsp3) is 0.480. The Kier molecular flexibility index (Phi) is 8.16. The Hall–Kier alpha value is -2.59. The third kappa shape index (κ3) is 6.76. The maximum Gasteiger partial charge on any atom is 0.416 e. The lowest BCUT2D eigenvalue weighted by Crippen LogP contribution is -2.57. The molecule has 3 atom stereocenters. The average Bonchev–Trinajstić information content (AvgIpc) is 2.82. The van der Waals surface area contributed by atoms with Crippen LogP contribution in [-0.2, 0) is 27.4 Å². The van der Waals surface area contributed by atoms with Crippen molar-refractivity contribution in [1.82, 2.24) is 10.6 Å². The number of rotatable bonds is 7. The summed E-state index contributed by atoms with van der Waals surface area (Å²) in [5.41, 5.74) is -2.79. The minimum Gasteiger partial charge on any atom is -0.372 e. The molecule has 0 unspecified atom stereocenters. The van der Waals surface area contributed by atoms with Crippen LogP contribution in [0, 0.1) is 0 Å². The number of amides is 1. The lowest BCUT2D eigenvalue weighted by Gasteiger charge is -2.42. The summed E-state index contributed by atoms with van der Waals surface area (Å²) < 4.78 is 85.5. The number of alkyl halides is 6. The van der Waals surface area contributed by atoms with Crippen LogP contribution in [0.25, 0.3) is 0 Å². The van der Waals surface area contributed by atoms with Crippen LogP contribution in [0.4, 0.5) is 26.3 Å². The molecule has 1 saturated heterocycles. The van der Waals surface area contributed by atoms with Gasteiger partial charge in [0.15, 0.2) is 0 Å². The quantitative estimate of drug-likeness (QED) is 0.459. The summed E-state index contributed by atoms with van der Waals surface area (Å²) in [6.07, 6.45) is -9.34. The molecule has 0 saturated carbocycles. The minimum atomic E-state index is -4.93. The molecule has 35 heavy (non-hydrogen) atoms. The molecule has 3 rings (SSSR count). The molecular weight excluding hydrogens is 474 g/mol. The van der Waals surface area contributed by atoms with Crippen LogP contribution in [0.15, 0.2) is 48.5 Å². The van der Waals surface area contributed by atoms with Crippen LogP contribution in [0.2, 0.25) is 0 Å². The molecule has 0 aliphatic carbocycles. The van der Waals surface area contributed by atoms with Crippen LogP contribution >= 0.6 is 0 Å². The number of benzene rings is 2. The Morgan fingerprint density at radius 1 is 1.09 bits per heavy atom. The zero-order valence-electron chi connectivity index (χ0n) is 19.4. The Morgan fingerprint density at radius 3 is 2.17 bits per heavy atom. The smallest absolute Gasteiger partial charge is 0.372 e. The maximum atomic E-state index is 13.3. The molecule has 0 spiro atoms. The second-order valence-electron chi connectivity index (χ2n) is 8.78. The Balaban J connectivity index is 1.83. The first-order valence-electron chi connectivity index (χ1n) is 11.3. The zero-order chi connectivity index (χ0) is 25.9. The summed E-state index contributed by atoms with van der Waals surface area (Å²) in [5.74, 6) is -0.0705. The van der Waals surface area contributed by atoms with E-state index in [-0.39, 0.29) is 30.2 Å². The van der Waals surface area contributed by atoms with E-state index in [1.165, 1.54) is 6.92 Å². The Labute approximate surface area is 200 Å². The van der Waals surface area contributed by atoms with Crippen molar-refractivity contribution in [2.24, 2.45) is 0 Å². The van der Waals surface area contributed by atoms with Gasteiger partial charge in [0.05, 0.1) is 29.4 Å². The summed E-state index contributed by atoms with van der Waals surface area (Å²) in [7, 11) is 0. The molecule has 0 bridgehead atoms. The largest absolute Gasteiger partial charge is 0.416 e. The van der Waals surface area contributed by atoms with Crippen molar-refractivity contribution in [2.45, 2.75) is 63.1 Å². The SMILES string of the molecule is CCC(=O)N[C@H]1CC[C@@](CO[C@H](C)c2cc(C(F)(F)F)cc(C(F)(F)F)c2)(c2ccccc2)NC1. The highest BCUT2D eigenvalue weighted by atomic mass is 19.4. The van der Waals surface area contributed by atoms with Gasteiger partial charge in [0.2, 0.25) is 5.91 Å². The second kappa shape index (κ2) is 10.6. The highest BCUT2D eigenvalue weighted by molar-refractivity contribution is 5.75. The summed E-state index contributed by atoms with van der Waals surface area (Å²) in [6.45, 7) is 3.65. The molecule has 1 heterocycles. The maximum absolute atomic E-state index is 13.3. The third-order valence-electron chi connectivity index (χ3n) is 6.28. The van der Waals surface area contributed by atoms with E-state index in [4.69, 9.17) is 4.74 Å². The lowest BCUT2D eigenvalue weighted by molar-refractivity contribution is -0.143. The van der Waals surface area contributed by atoms with Crippen molar-refractivity contribution in [3.05, 3.63) is 70.8 Å². The van der Waals surface area contributed by atoms with E-state index in [1.54, 1.807) is 6.92 Å². The van der Waals surface area contributed by atoms with Crippen molar-refractivity contribution in [3.63, 3.8) is 0 Å². The second-order valence-corrected chi connectivity index (χ2v) is 8.78. The fourth-order valence-corrected chi connectivity index (χ4v) is 4.17. The van der Waals surface area contributed by atoms with E-state index in [2.05, 4.69) is 10.6 Å². The number of nitrogens with one attached hydrogen (secondary N) is 2. The van der Waals surface area contributed by atoms with Gasteiger partial charge in [-0.25, -0.2) is 0 Å². The van der Waals surface area contributed by atoms with Gasteiger partial charge in [-0.1, -0.05) is 37.3 Å². The number of carbonyl (C=O) groups excluding carboxylic acids is 1. The molecule has 0 aromatic heterocycles. The molecular formula is C25H28F6N2O2. The number of ether oxygens (including phenoxy) is 1. The third-order valence-corrected chi connectivity index (χ3v) is 6.28. The standard InChI is InChI=1S/C25H28F6N2O2/c1-3-22(34)33-21-9-10-23(32-14-21,18-7-5-4-6-8-18)15-35-16(2)17-11-19(24(26,27)28)13-20(12-17)25(29,30)31/h4-8,11-13,16,21,32H,3,9-10,14-15H2,1-2H3,(H,33,34)/t16-,21+,23-/m1/s1. The van der Waals surface area contributed by atoms with Crippen LogP contribution < -0.4 is 10.6 Å². The van der Waals surface area contributed by atoms with E-state index >= 15 is 0 Å². The number of carbonyl (C=O) groups is 1. The number of halogens is 6. The van der Waals surface area contributed by atoms with Gasteiger partial charge in [-0.2, -0.15) is 26.3 Å². The first kappa shape index (κ1) is 27.0. The van der Waals surface area contributed by atoms with Crippen LogP contribution in [0.3, 0.4) is 0 Å². The molecule has 10 heteroatoms. The molecule has 192 valence electrons. The van der Waals surface area contributed by atoms with Crippen LogP contribution in [-0.4, -0.2) is 25.1 Å². The van der Waals surface area contributed by atoms with Gasteiger partial charge in [-0.15, -0.1) is 0 Å². The summed E-state index contributed by atoms with van der Waals surface area (Å²) in [5, 5.41) is 6.34. The van der Waals surface area contributed by atoms with Crippen molar-refractivity contribution in [3.8, 4) is 0 Å². The van der Waals surface area contributed by atoms with E-state index in [0.717, 1.165) is 5.56 Å². The van der Waals surface area contributed by atoms with E-state index in [9.17, 15) is 31.1 Å². The van der Waals surface area contributed by atoms with Gasteiger partial charge in [0, 0.05) is 19.0 Å². The monoisotopic (exact) mass is 502 g/mol. The first-order valence-corrected chi connectivity index (χ1v) is 11.3. The van der Waals surface area contributed by atoms with E-state index in [0.29, 0.717) is 37.9 Å². The first-order chi connectivity index (χ1) is 16.3. The zero-order valence-corrected chi connectivity index (χ0v) is 19.4. The van der Waals surface area contributed by atoms with Crippen molar-refractivity contribution >= 4 is 5.91 Å². The van der Waals surface area contributed by atoms with Crippen molar-refractivity contribution in [1.29, 1.82) is 0 Å². The summed E-state index contributed by atoms with van der Waals surface area (Å²) >= 11 is 0. The van der Waals surface area contributed by atoms with E-state index in [1.807, 2.05) is 30.3 Å². The normalized spacial score (nSPS) is 22.0. The van der Waals surface area contributed by atoms with Gasteiger partial charge in [-0.05, 0) is 49.1 Å². The van der Waals surface area contributed by atoms with Gasteiger partial charge < -0.3 is 15.4 Å². The topological polar surface area (TPSA) is 50.4 Å². The van der Waals surface area contributed by atoms with Gasteiger partial charge >= 0.3 is 12.4 Å². The highest BCUT2D eigenvalue weighted by Crippen LogP contribution is 2.39. The predicted octanol–water partition coefficient (Wildman–Crippen LogP) is 5.98. The fourth-order valence-electron chi connectivity index (χ4n) is 4.17. The average molecular weight is 502 g/mol. The molecule has 1 aliphatic rings. The number of hydrogen-bond acceptors (Lipinski definition) is 3. The van der Waals surface area contributed by atoms with Crippen molar-refractivity contribution < 1.29 is 35.9 Å². The van der Waals surface area contributed by atoms with E-state index < -0.39 is 35.1 Å². The van der Waals surface area contributed by atoms with Gasteiger partial charge in [-0.3, -0.25) is 4.79 Å². The van der Waals surface area contributed by atoms with Crippen LogP contribution in [0.1, 0.15) is 61.5 Å². The van der Waals surface area contributed by atoms with Crippen molar-refractivity contribution in [2.75, 3.05) is 13.2 Å². The Bertz CT molecular complexity index is 967.